The number of aromatic nitrogens is 4. The van der Waals surface area contributed by atoms with Gasteiger partial charge >= 0.3 is 0 Å². The summed E-state index contributed by atoms with van der Waals surface area (Å²) in [5, 5.41) is 9.72. The van der Waals surface area contributed by atoms with Gasteiger partial charge in [-0.15, -0.1) is 0 Å². The summed E-state index contributed by atoms with van der Waals surface area (Å²) < 4.78 is 102. The lowest BCUT2D eigenvalue weighted by atomic mass is 10.1. The Labute approximate surface area is 723 Å². The minimum absolute atomic E-state index is 0.0848. The van der Waals surface area contributed by atoms with Crippen LogP contribution in [0, 0.1) is 55.4 Å². The summed E-state index contributed by atoms with van der Waals surface area (Å²) in [4.78, 5) is 98.5. The number of hydrogen-bond donors (Lipinski definition) is 8. The maximum atomic E-state index is 13.3. The Morgan fingerprint density at radius 3 is 1.10 bits per heavy atom. The van der Waals surface area contributed by atoms with Gasteiger partial charge in [0.25, 0.3) is 35.4 Å². The molecule has 1 aliphatic heterocycles. The van der Waals surface area contributed by atoms with E-state index >= 15 is 0 Å². The molecule has 0 spiro atoms. The number of sulfonamides is 3. The molecule has 0 saturated carbocycles. The minimum atomic E-state index is -4.18. The zero-order valence-electron chi connectivity index (χ0n) is 68.8. The van der Waals surface area contributed by atoms with Crippen LogP contribution in [0.15, 0.2) is 170 Å². The number of halogens is 3. The van der Waals surface area contributed by atoms with Gasteiger partial charge in [-0.3, -0.25) is 38.5 Å². The van der Waals surface area contributed by atoms with E-state index in [1.165, 1.54) is 19.1 Å². The summed E-state index contributed by atoms with van der Waals surface area (Å²) in [5.41, 5.74) is 14.1. The molecule has 8 N–H and O–H groups in total. The van der Waals surface area contributed by atoms with Crippen LogP contribution >= 0.6 is 34.8 Å². The number of para-hydroxylation sites is 3. The highest BCUT2D eigenvalue weighted by molar-refractivity contribution is 7.90. The van der Waals surface area contributed by atoms with E-state index < -0.39 is 76.9 Å². The number of aromatic amines is 3. The number of carbonyl (C=O) groups excluding carboxylic acids is 7. The number of hydrogen-bond acceptors (Lipinski definition) is 16. The zero-order chi connectivity index (χ0) is 87.9. The van der Waals surface area contributed by atoms with Crippen molar-refractivity contribution in [2.24, 2.45) is 0 Å². The summed E-state index contributed by atoms with van der Waals surface area (Å²) in [6.45, 7) is 17.8. The van der Waals surface area contributed by atoms with Gasteiger partial charge in [0.1, 0.15) is 34.3 Å². The van der Waals surface area contributed by atoms with Gasteiger partial charge in [0, 0.05) is 92.3 Å². The fraction of sp³-hybridized carbons (Fsp3) is 0.278. The average molecular weight is 1780 g/mol. The highest BCUT2D eigenvalue weighted by Crippen LogP contribution is 2.33. The lowest BCUT2D eigenvalue weighted by molar-refractivity contribution is -0.118. The summed E-state index contributed by atoms with van der Waals surface area (Å²) in [5.74, 6) is -3.48. The first-order valence-corrected chi connectivity index (χ1v) is 45.5. The molecule has 0 atom stereocenters. The maximum absolute atomic E-state index is 13.3. The highest BCUT2D eigenvalue weighted by atomic mass is 35.5. The summed E-state index contributed by atoms with van der Waals surface area (Å²) in [6.07, 6.45) is 3.20. The molecule has 0 bridgehead atoms. The van der Waals surface area contributed by atoms with Gasteiger partial charge in [-0.05, 0) is 222 Å². The molecule has 13 rings (SSSR count). The molecular formula is C90H95Cl3N10O16S3. The molecule has 26 nitrogen and oxygen atoms in total. The van der Waals surface area contributed by atoms with Crippen molar-refractivity contribution in [3.05, 3.63) is 286 Å². The van der Waals surface area contributed by atoms with E-state index in [-0.39, 0.29) is 59.7 Å². The molecule has 0 fully saturated rings. The van der Waals surface area contributed by atoms with Gasteiger partial charge in [-0.1, -0.05) is 132 Å². The van der Waals surface area contributed by atoms with Gasteiger partial charge in [0.05, 0.1) is 53.8 Å². The molecule has 8 aromatic carbocycles. The lowest BCUT2D eigenvalue weighted by Gasteiger charge is -2.14. The Morgan fingerprint density at radius 2 is 0.738 bits per heavy atom. The van der Waals surface area contributed by atoms with Crippen LogP contribution in [-0.4, -0.2) is 148 Å². The fourth-order valence-electron chi connectivity index (χ4n) is 14.4. The Kier molecular flexibility index (Phi) is 30.1. The molecule has 640 valence electrons. The number of carbonyl (C=O) groups is 7. The number of ether oxygens (including phenoxy) is 3. The first-order valence-electron chi connectivity index (χ1n) is 39.4. The van der Waals surface area contributed by atoms with Crippen molar-refractivity contribution in [1.29, 1.82) is 0 Å². The number of nitrogens with one attached hydrogen (secondary N) is 8. The second-order valence-electron chi connectivity index (χ2n) is 29.7. The molecule has 1 aliphatic rings. The number of rotatable bonds is 33. The monoisotopic (exact) mass is 1770 g/mol. The van der Waals surface area contributed by atoms with E-state index in [2.05, 4.69) is 39.8 Å². The van der Waals surface area contributed by atoms with Crippen LogP contribution < -0.4 is 39.0 Å². The Bertz CT molecular complexity index is 6240. The average Bonchev–Trinajstić information content (AvgIpc) is 1.64. The molecule has 0 saturated heterocycles. The number of amides is 7. The molecule has 5 heterocycles. The second kappa shape index (κ2) is 40.3. The number of imide groups is 1. The van der Waals surface area contributed by atoms with E-state index in [0.29, 0.717) is 108 Å². The van der Waals surface area contributed by atoms with Gasteiger partial charge in [0.2, 0.25) is 36.0 Å². The van der Waals surface area contributed by atoms with Crippen LogP contribution in [0.2, 0.25) is 15.1 Å². The zero-order valence-corrected chi connectivity index (χ0v) is 73.5. The third-order valence-electron chi connectivity index (χ3n) is 20.5. The topological polar surface area (TPSA) is 365 Å². The summed E-state index contributed by atoms with van der Waals surface area (Å²) in [7, 11) is -12.2. The van der Waals surface area contributed by atoms with Gasteiger partial charge < -0.3 is 44.4 Å². The number of H-pyrrole nitrogens is 3. The standard InChI is InChI=1S/C36H39ClN4O5S.C30H28ClN3O6S.C24H28ClN3O5S/c1-23-19-28(20-24(2)33(23)37)46-17-10-14-30-29-13-8-9-15-32(29)39-34(30)36(43)40-47(44,45)18-16-38-35(42)31-21-25(3)41(26(31)4)22-27-11-6-5-7-12-27;1-18-16-20(17-19(2)26(18)31)40-14-7-11-22-21-8-5-6-12-25(21)32-27(22)28(35)33-41(38,39)15-13-34-29(36)23-9-3-4-10-24(23)30(34)37;1-15-13-18(14-16(2)22(15)25)33-11-6-8-20-19-7-4-5-9-21(19)27-23(20)24(30)28-34(31,32)12-10-26-17(3)29/h5-9,11-13,15,19-21,39H,10,14,16-18,22H2,1-4H3,(H,38,42)(H,40,43);3-6,8-10,12,16-17,32H,7,11,13-15H2,1-2H3,(H,33,35);4-5,7,9,13-14,27H,6,8,10-12H2,1-3H3,(H,26,29)(H,28,30). The second-order valence-corrected chi connectivity index (χ2v) is 36.4. The molecule has 4 aromatic heterocycles. The van der Waals surface area contributed by atoms with Crippen molar-refractivity contribution >= 4 is 139 Å². The Balaban J connectivity index is 0.000000181. The van der Waals surface area contributed by atoms with Crippen LogP contribution in [0.1, 0.15) is 156 Å². The van der Waals surface area contributed by atoms with Crippen LogP contribution in [0.5, 0.6) is 17.2 Å². The van der Waals surface area contributed by atoms with Crippen LogP contribution in [0.3, 0.4) is 0 Å². The predicted octanol–water partition coefficient (Wildman–Crippen LogP) is 14.9. The van der Waals surface area contributed by atoms with Gasteiger partial charge in [-0.2, -0.15) is 0 Å². The van der Waals surface area contributed by atoms with E-state index in [1.807, 2.05) is 199 Å². The molecule has 0 aliphatic carbocycles. The van der Waals surface area contributed by atoms with Gasteiger partial charge in [-0.25, -0.2) is 39.4 Å². The van der Waals surface area contributed by atoms with Gasteiger partial charge in [0.15, 0.2) is 0 Å². The first kappa shape index (κ1) is 91.0. The quantitative estimate of drug-likeness (QED) is 0.0140. The van der Waals surface area contributed by atoms with Crippen molar-refractivity contribution in [1.82, 2.24) is 49.2 Å². The molecule has 32 heteroatoms. The van der Waals surface area contributed by atoms with Crippen LogP contribution in [-0.2, 0) is 60.7 Å². The number of nitrogens with zero attached hydrogens (tertiary/aromatic N) is 2. The molecule has 122 heavy (non-hydrogen) atoms. The van der Waals surface area contributed by atoms with Crippen molar-refractivity contribution in [3.8, 4) is 17.2 Å². The largest absolute Gasteiger partial charge is 0.494 e. The van der Waals surface area contributed by atoms with E-state index in [9.17, 15) is 58.8 Å². The fourth-order valence-corrected chi connectivity index (χ4v) is 17.4. The highest BCUT2D eigenvalue weighted by Gasteiger charge is 2.36. The predicted molar refractivity (Wildman–Crippen MR) is 475 cm³/mol. The Morgan fingerprint density at radius 1 is 0.410 bits per heavy atom. The Hall–Kier alpha value is -11.7. The van der Waals surface area contributed by atoms with E-state index in [1.54, 1.807) is 18.2 Å². The smallest absolute Gasteiger partial charge is 0.281 e. The molecule has 0 radical (unpaired) electrons. The lowest BCUT2D eigenvalue weighted by Crippen LogP contribution is -2.39. The molecule has 7 amide bonds. The van der Waals surface area contributed by atoms with Crippen molar-refractivity contribution in [2.75, 3.05) is 56.7 Å². The van der Waals surface area contributed by atoms with E-state index in [0.717, 1.165) is 99.5 Å². The molecule has 12 aromatic rings. The summed E-state index contributed by atoms with van der Waals surface area (Å²) in [6, 6.07) is 51.5. The van der Waals surface area contributed by atoms with Crippen molar-refractivity contribution in [2.45, 2.75) is 107 Å². The summed E-state index contributed by atoms with van der Waals surface area (Å²) >= 11 is 18.7. The van der Waals surface area contributed by atoms with Crippen molar-refractivity contribution < 1.29 is 73.0 Å². The molecule has 0 unspecified atom stereocenters. The van der Waals surface area contributed by atoms with Crippen molar-refractivity contribution in [3.63, 3.8) is 0 Å². The number of benzene rings is 8. The normalized spacial score (nSPS) is 12.0. The number of fused-ring (bicyclic) bond motifs is 4. The first-order chi connectivity index (χ1) is 58.1. The molecular weight excluding hydrogens is 1680 g/mol. The number of aryl methyl sites for hydroxylation is 10. The third kappa shape index (κ3) is 23.1. The maximum Gasteiger partial charge on any atom is 0.281 e. The van der Waals surface area contributed by atoms with E-state index in [4.69, 9.17) is 49.0 Å². The SMILES string of the molecule is CC(=O)NCCS(=O)(=O)NC(=O)c1[nH]c2ccccc2c1CCCOc1cc(C)c(Cl)c(C)c1.Cc1cc(OCCCc2c(C(=O)NS(=O)(=O)CCN3C(=O)c4ccccc4C3=O)[nH]c3ccccc23)cc(C)c1Cl.Cc1cc(OCCCc2c(C(=O)NS(=O)(=O)CCNC(=O)c3cc(C)n(Cc4ccccc4)c3C)[nH]c3ccccc23)cc(C)c1Cl. The van der Waals surface area contributed by atoms with Crippen LogP contribution in [0.4, 0.5) is 0 Å². The minimum Gasteiger partial charge on any atom is -0.494 e. The van der Waals surface area contributed by atoms with Crippen LogP contribution in [0.25, 0.3) is 32.7 Å². The third-order valence-corrected chi connectivity index (χ3v) is 26.0.